The Balaban J connectivity index is 1.37. The highest BCUT2D eigenvalue weighted by Gasteiger charge is 2.47. The minimum Gasteiger partial charge on any atom is -0.311 e. The maximum Gasteiger partial charge on any atom is 0.252 e. The molecule has 3 nitrogen and oxygen atoms in total. The van der Waals surface area contributed by atoms with Crippen LogP contribution < -0.4 is 31.1 Å². The Labute approximate surface area is 377 Å². The van der Waals surface area contributed by atoms with Gasteiger partial charge in [0.05, 0.1) is 11.4 Å². The molecule has 0 saturated carbocycles. The van der Waals surface area contributed by atoms with Crippen LogP contribution in [-0.4, -0.2) is 6.71 Å². The molecule has 0 radical (unpaired) electrons. The van der Waals surface area contributed by atoms with Gasteiger partial charge in [0, 0.05) is 39.8 Å². The Hall–Kier alpha value is -6.00. The third-order valence-corrected chi connectivity index (χ3v) is 14.7. The van der Waals surface area contributed by atoms with Gasteiger partial charge in [-0.3, -0.25) is 0 Å². The first-order chi connectivity index (χ1) is 29.9. The Morgan fingerprint density at radius 1 is 0.476 bits per heavy atom. The molecule has 0 spiro atoms. The van der Waals surface area contributed by atoms with Crippen molar-refractivity contribution in [1.29, 1.82) is 0 Å². The van der Waals surface area contributed by atoms with Gasteiger partial charge in [0.1, 0.15) is 0 Å². The zero-order valence-corrected chi connectivity index (χ0v) is 39.5. The molecule has 0 atom stereocenters. The number of aryl methyl sites for hydroxylation is 5. The van der Waals surface area contributed by atoms with E-state index in [2.05, 4.69) is 231 Å². The molecule has 7 aromatic rings. The van der Waals surface area contributed by atoms with Gasteiger partial charge in [-0.25, -0.2) is 0 Å². The molecule has 10 rings (SSSR count). The second kappa shape index (κ2) is 14.5. The van der Waals surface area contributed by atoms with Crippen LogP contribution in [0.15, 0.2) is 133 Å². The minimum atomic E-state index is -0.113. The average Bonchev–Trinajstić information content (AvgIpc) is 3.23. The third kappa shape index (κ3) is 6.54. The van der Waals surface area contributed by atoms with E-state index >= 15 is 0 Å². The van der Waals surface area contributed by atoms with Gasteiger partial charge in [-0.1, -0.05) is 133 Å². The summed E-state index contributed by atoms with van der Waals surface area (Å²) >= 11 is 0. The van der Waals surface area contributed by atoms with Crippen LogP contribution in [0.1, 0.15) is 106 Å². The van der Waals surface area contributed by atoms with Gasteiger partial charge in [0.15, 0.2) is 0 Å². The first-order valence-electron chi connectivity index (χ1n) is 23.1. The van der Waals surface area contributed by atoms with Crippen molar-refractivity contribution in [2.24, 2.45) is 0 Å². The Kier molecular flexibility index (Phi) is 9.46. The van der Waals surface area contributed by atoms with Gasteiger partial charge in [-0.05, 0) is 174 Å². The van der Waals surface area contributed by atoms with Crippen molar-refractivity contribution in [3.05, 3.63) is 178 Å². The highest BCUT2D eigenvalue weighted by Crippen LogP contribution is 2.53. The van der Waals surface area contributed by atoms with Crippen LogP contribution in [0.4, 0.5) is 51.2 Å². The van der Waals surface area contributed by atoms with Crippen LogP contribution in [0.25, 0.3) is 0 Å². The molecule has 7 aromatic carbocycles. The topological polar surface area (TPSA) is 9.72 Å². The molecule has 0 unspecified atom stereocenters. The molecule has 0 amide bonds. The summed E-state index contributed by atoms with van der Waals surface area (Å²) in [7, 11) is 0. The van der Waals surface area contributed by atoms with E-state index in [1.807, 2.05) is 0 Å². The number of hydrogen-bond donors (Lipinski definition) is 0. The number of para-hydroxylation sites is 3. The molecule has 3 aliphatic rings. The van der Waals surface area contributed by atoms with E-state index in [9.17, 15) is 0 Å². The molecule has 2 aliphatic heterocycles. The van der Waals surface area contributed by atoms with Gasteiger partial charge < -0.3 is 14.7 Å². The normalized spacial score (nSPS) is 15.7. The number of fused-ring (bicyclic) bond motifs is 5. The lowest BCUT2D eigenvalue weighted by atomic mass is 9.33. The first-order valence-corrected chi connectivity index (χ1v) is 23.1. The number of anilines is 9. The summed E-state index contributed by atoms with van der Waals surface area (Å²) in [6.07, 6.45) is 2.34. The summed E-state index contributed by atoms with van der Waals surface area (Å²) in [5, 5.41) is 0. The molecule has 2 heterocycles. The number of nitrogens with zero attached hydrogens (tertiary/aromatic N) is 3. The molecular formula is C59H62BN3. The molecule has 0 N–H and O–H groups in total. The number of rotatable bonds is 5. The first kappa shape index (κ1) is 41.0. The standard InChI is InChI=1S/C59H62BN3/c1-37-30-40(4)56(41(5)31-37)63-51-36-47-46(58(9,10)28-29-59(47,11)12)35-49(51)60-48-27-26-45(61(43-22-15-13-16-23-43)44-24-17-14-18-25-44)34-50(48)62(55-38(2)20-19-21-39(55)3)52-32-42(57(6,7)8)33-53(63)54(52)60/h13-27,30-36H,28-29H2,1-12H3. The van der Waals surface area contributed by atoms with Crippen LogP contribution >= 0.6 is 0 Å². The van der Waals surface area contributed by atoms with Gasteiger partial charge >= 0.3 is 0 Å². The zero-order valence-electron chi connectivity index (χ0n) is 39.5. The summed E-state index contributed by atoms with van der Waals surface area (Å²) in [5.74, 6) is 0. The van der Waals surface area contributed by atoms with Crippen molar-refractivity contribution in [3.8, 4) is 0 Å². The van der Waals surface area contributed by atoms with E-state index in [1.165, 1.54) is 108 Å². The SMILES string of the molecule is Cc1cc(C)c(N2c3cc4c(cc3B3c5ccc(N(c6ccccc6)c6ccccc6)cc5N(c5c(C)cccc5C)c5cc(C(C)(C)C)cc2c53)C(C)(C)CCC4(C)C)c(C)c1. The predicted octanol–water partition coefficient (Wildman–Crippen LogP) is 14.4. The Morgan fingerprint density at radius 3 is 1.49 bits per heavy atom. The largest absolute Gasteiger partial charge is 0.311 e. The molecular weight excluding hydrogens is 761 g/mol. The van der Waals surface area contributed by atoms with Crippen molar-refractivity contribution in [2.75, 3.05) is 14.7 Å². The van der Waals surface area contributed by atoms with E-state index in [-0.39, 0.29) is 23.0 Å². The molecule has 0 aromatic heterocycles. The van der Waals surface area contributed by atoms with E-state index < -0.39 is 0 Å². The maximum absolute atomic E-state index is 2.69. The molecule has 63 heavy (non-hydrogen) atoms. The van der Waals surface area contributed by atoms with Crippen LogP contribution in [0.3, 0.4) is 0 Å². The third-order valence-electron chi connectivity index (χ3n) is 14.7. The van der Waals surface area contributed by atoms with Crippen molar-refractivity contribution in [3.63, 3.8) is 0 Å². The fourth-order valence-electron chi connectivity index (χ4n) is 11.4. The lowest BCUT2D eigenvalue weighted by molar-refractivity contribution is 0.332. The lowest BCUT2D eigenvalue weighted by Crippen LogP contribution is -2.62. The van der Waals surface area contributed by atoms with Gasteiger partial charge in [0.25, 0.3) is 6.71 Å². The molecule has 1 aliphatic carbocycles. The molecule has 0 saturated heterocycles. The highest BCUT2D eigenvalue weighted by molar-refractivity contribution is 7.00. The summed E-state index contributed by atoms with van der Waals surface area (Å²) in [6.45, 7) is 28.5. The molecule has 4 heteroatoms. The summed E-state index contributed by atoms with van der Waals surface area (Å²) in [4.78, 5) is 7.75. The van der Waals surface area contributed by atoms with E-state index in [1.54, 1.807) is 0 Å². The molecule has 316 valence electrons. The second-order valence-corrected chi connectivity index (χ2v) is 21.2. The van der Waals surface area contributed by atoms with Crippen LogP contribution in [0, 0.1) is 34.6 Å². The minimum absolute atomic E-state index is 0.0130. The Bertz CT molecular complexity index is 2870. The van der Waals surface area contributed by atoms with Crippen molar-refractivity contribution < 1.29 is 0 Å². The van der Waals surface area contributed by atoms with E-state index in [0.29, 0.717) is 0 Å². The van der Waals surface area contributed by atoms with Crippen molar-refractivity contribution in [1.82, 2.24) is 0 Å². The van der Waals surface area contributed by atoms with Gasteiger partial charge in [-0.15, -0.1) is 0 Å². The predicted molar refractivity (Wildman–Crippen MR) is 273 cm³/mol. The maximum atomic E-state index is 2.69. The quantitative estimate of drug-likeness (QED) is 0.160. The highest BCUT2D eigenvalue weighted by atomic mass is 15.2. The zero-order chi connectivity index (χ0) is 44.3. The van der Waals surface area contributed by atoms with Crippen molar-refractivity contribution in [2.45, 2.75) is 112 Å². The lowest BCUT2D eigenvalue weighted by Gasteiger charge is -2.48. The average molecular weight is 824 g/mol. The van der Waals surface area contributed by atoms with Crippen LogP contribution in [-0.2, 0) is 16.2 Å². The van der Waals surface area contributed by atoms with E-state index in [0.717, 1.165) is 17.1 Å². The van der Waals surface area contributed by atoms with Crippen LogP contribution in [0.5, 0.6) is 0 Å². The second-order valence-electron chi connectivity index (χ2n) is 21.2. The summed E-state index contributed by atoms with van der Waals surface area (Å²) in [5.41, 5.74) is 25.9. The monoisotopic (exact) mass is 824 g/mol. The van der Waals surface area contributed by atoms with Gasteiger partial charge in [0.2, 0.25) is 0 Å². The smallest absolute Gasteiger partial charge is 0.252 e. The van der Waals surface area contributed by atoms with Crippen LogP contribution in [0.2, 0.25) is 0 Å². The fourth-order valence-corrected chi connectivity index (χ4v) is 11.4. The van der Waals surface area contributed by atoms with E-state index in [4.69, 9.17) is 0 Å². The van der Waals surface area contributed by atoms with Crippen molar-refractivity contribution >= 4 is 74.3 Å². The number of benzene rings is 7. The molecule has 0 fully saturated rings. The number of hydrogen-bond acceptors (Lipinski definition) is 3. The summed E-state index contributed by atoms with van der Waals surface area (Å²) < 4.78 is 0. The fraction of sp³-hybridized carbons (Fsp3) is 0.288. The summed E-state index contributed by atoms with van der Waals surface area (Å²) in [6, 6.07) is 50.9. The van der Waals surface area contributed by atoms with Gasteiger partial charge in [-0.2, -0.15) is 0 Å². The molecule has 0 bridgehead atoms. The Morgan fingerprint density at radius 2 is 0.968 bits per heavy atom.